The zero-order valence-corrected chi connectivity index (χ0v) is 29.0. The molecule has 0 spiro atoms. The zero-order valence-electron chi connectivity index (χ0n) is 25.6. The van der Waals surface area contributed by atoms with Gasteiger partial charge in [0.15, 0.2) is 8.32 Å². The van der Waals surface area contributed by atoms with Crippen LogP contribution < -0.4 is 15.2 Å². The minimum absolute atomic E-state index is 0.0217. The molecule has 1 N–H and O–H groups in total. The van der Waals surface area contributed by atoms with E-state index < -0.39 is 18.3 Å². The molecule has 0 amide bonds. The number of aryl methyl sites for hydroxylation is 1. The Bertz CT molecular complexity index is 1640. The number of fused-ring (bicyclic) bond motifs is 1. The van der Waals surface area contributed by atoms with Crippen molar-refractivity contribution in [1.29, 1.82) is 0 Å². The van der Waals surface area contributed by atoms with Crippen LogP contribution in [0.3, 0.4) is 0 Å². The summed E-state index contributed by atoms with van der Waals surface area (Å²) in [5.74, 6) is 0. The van der Waals surface area contributed by atoms with E-state index in [9.17, 15) is 13.2 Å². The highest BCUT2D eigenvalue weighted by atomic mass is 79.9. The highest BCUT2D eigenvalue weighted by molar-refractivity contribution is 9.10. The topological polar surface area (TPSA) is 80.6 Å². The number of hydrogen-bond acceptors (Lipinski definition) is 5. The van der Waals surface area contributed by atoms with Gasteiger partial charge in [0.2, 0.25) is 0 Å². The molecule has 0 fully saturated rings. The van der Waals surface area contributed by atoms with Gasteiger partial charge >= 0.3 is 0 Å². The molecule has 2 aromatic carbocycles. The van der Waals surface area contributed by atoms with Gasteiger partial charge in [0.05, 0.1) is 17.2 Å². The number of nitrogens with zero attached hydrogens (tertiary/aromatic N) is 2. The molecule has 0 unspecified atom stereocenters. The van der Waals surface area contributed by atoms with Crippen LogP contribution in [-0.4, -0.2) is 33.4 Å². The number of benzene rings is 2. The molecule has 0 aliphatic carbocycles. The number of halogens is 1. The van der Waals surface area contributed by atoms with E-state index in [1.165, 1.54) is 4.31 Å². The Morgan fingerprint density at radius 1 is 1.05 bits per heavy atom. The van der Waals surface area contributed by atoms with Gasteiger partial charge in [-0.25, -0.2) is 8.42 Å². The number of anilines is 2. The van der Waals surface area contributed by atoms with E-state index >= 15 is 0 Å². The van der Waals surface area contributed by atoms with Gasteiger partial charge in [-0.3, -0.25) is 9.10 Å². The normalized spacial score (nSPS) is 15.5. The van der Waals surface area contributed by atoms with Crippen molar-refractivity contribution in [2.75, 3.05) is 16.2 Å². The van der Waals surface area contributed by atoms with Crippen LogP contribution in [0.5, 0.6) is 0 Å². The second-order valence-electron chi connectivity index (χ2n) is 13.4. The summed E-state index contributed by atoms with van der Waals surface area (Å²) in [5, 5.41) is 3.31. The van der Waals surface area contributed by atoms with Gasteiger partial charge in [-0.2, -0.15) is 0 Å². The molecule has 7 nitrogen and oxygen atoms in total. The number of rotatable bonds is 6. The quantitative estimate of drug-likeness (QED) is 0.281. The third-order valence-electron chi connectivity index (χ3n) is 7.98. The molecule has 1 aliphatic heterocycles. The molecule has 0 bridgehead atoms. The van der Waals surface area contributed by atoms with Gasteiger partial charge in [0, 0.05) is 40.9 Å². The Morgan fingerprint density at radius 3 is 2.37 bits per heavy atom. The number of hydrogen-bond donors (Lipinski definition) is 1. The lowest BCUT2D eigenvalue weighted by molar-refractivity contribution is 0.277. The molecule has 0 saturated heterocycles. The molecule has 4 rings (SSSR count). The monoisotopic (exact) mass is 659 g/mol. The second-order valence-corrected chi connectivity index (χ2v) is 20.9. The van der Waals surface area contributed by atoms with Gasteiger partial charge < -0.3 is 14.3 Å². The van der Waals surface area contributed by atoms with Crippen LogP contribution in [-0.2, 0) is 34.5 Å². The average Bonchev–Trinajstić information content (AvgIpc) is 2.83. The van der Waals surface area contributed by atoms with Crippen LogP contribution in [0.25, 0.3) is 11.1 Å². The van der Waals surface area contributed by atoms with Gasteiger partial charge in [-0.1, -0.05) is 48.8 Å². The maximum Gasteiger partial charge on any atom is 0.273 e. The van der Waals surface area contributed by atoms with E-state index in [1.54, 1.807) is 23.7 Å². The Kier molecular flexibility index (Phi) is 8.47. The van der Waals surface area contributed by atoms with Crippen LogP contribution in [0.15, 0.2) is 62.8 Å². The lowest BCUT2D eigenvalue weighted by Gasteiger charge is -2.37. The minimum atomic E-state index is -3.80. The Balaban J connectivity index is 1.92. The van der Waals surface area contributed by atoms with Gasteiger partial charge in [-0.15, -0.1) is 0 Å². The maximum absolute atomic E-state index is 14.0. The highest BCUT2D eigenvalue weighted by Gasteiger charge is 2.38. The standard InChI is InChI=1S/C31H42BrN3O4SSi/c1-30(2,3)33-26-18-22(19-34(7)29(26)36)24-11-10-12-27(25(24)20-39-41(8,9)31(4,5)6)35-16-15-21-17-23(32)13-14-28(21)40(35,37)38/h10-14,17-19,33H,15-16,20H2,1-9H3. The largest absolute Gasteiger partial charge is 0.412 e. The van der Waals surface area contributed by atoms with Crippen molar-refractivity contribution in [3.8, 4) is 11.1 Å². The summed E-state index contributed by atoms with van der Waals surface area (Å²) >= 11 is 3.47. The lowest BCUT2D eigenvalue weighted by Crippen LogP contribution is -2.41. The van der Waals surface area contributed by atoms with Gasteiger partial charge in [-0.05, 0) is 86.8 Å². The first-order valence-electron chi connectivity index (χ1n) is 13.9. The summed E-state index contributed by atoms with van der Waals surface area (Å²) in [6, 6.07) is 12.9. The summed E-state index contributed by atoms with van der Waals surface area (Å²) in [6.45, 7) is 17.6. The maximum atomic E-state index is 14.0. The molecule has 1 aliphatic rings. The van der Waals surface area contributed by atoms with E-state index in [2.05, 4.69) is 55.1 Å². The molecule has 10 heteroatoms. The summed E-state index contributed by atoms with van der Waals surface area (Å²) < 4.78 is 38.7. The molecule has 41 heavy (non-hydrogen) atoms. The molecule has 0 radical (unpaired) electrons. The second kappa shape index (κ2) is 11.0. The predicted molar refractivity (Wildman–Crippen MR) is 175 cm³/mol. The van der Waals surface area contributed by atoms with Crippen LogP contribution in [0.4, 0.5) is 11.4 Å². The lowest BCUT2D eigenvalue weighted by atomic mass is 9.98. The first kappa shape index (κ1) is 31.5. The van der Waals surface area contributed by atoms with Crippen molar-refractivity contribution < 1.29 is 12.8 Å². The fourth-order valence-corrected chi connectivity index (χ4v) is 7.84. The Morgan fingerprint density at radius 2 is 1.73 bits per heavy atom. The molecule has 3 aromatic rings. The average molecular weight is 661 g/mol. The Hall–Kier alpha value is -2.40. The fraction of sp³-hybridized carbons (Fsp3) is 0.452. The van der Waals surface area contributed by atoms with Crippen molar-refractivity contribution in [2.45, 2.75) is 83.1 Å². The van der Waals surface area contributed by atoms with Crippen molar-refractivity contribution in [3.63, 3.8) is 0 Å². The fourth-order valence-electron chi connectivity index (χ4n) is 4.76. The summed E-state index contributed by atoms with van der Waals surface area (Å²) in [4.78, 5) is 13.3. The third kappa shape index (κ3) is 6.50. The van der Waals surface area contributed by atoms with Crippen LogP contribution in [0.2, 0.25) is 18.1 Å². The summed E-state index contributed by atoms with van der Waals surface area (Å²) in [6.07, 6.45) is 2.41. The molecule has 0 atom stereocenters. The van der Waals surface area contributed by atoms with Crippen molar-refractivity contribution in [2.24, 2.45) is 7.05 Å². The molecule has 1 aromatic heterocycles. The molecular formula is C31H42BrN3O4SSi. The molecular weight excluding hydrogens is 618 g/mol. The predicted octanol–water partition coefficient (Wildman–Crippen LogP) is 7.30. The van der Waals surface area contributed by atoms with Crippen LogP contribution >= 0.6 is 15.9 Å². The van der Waals surface area contributed by atoms with Crippen molar-refractivity contribution >= 4 is 45.6 Å². The number of aromatic nitrogens is 1. The summed E-state index contributed by atoms with van der Waals surface area (Å²) in [5.41, 5.74) is 3.91. The molecule has 2 heterocycles. The van der Waals surface area contributed by atoms with E-state index in [0.717, 1.165) is 26.7 Å². The van der Waals surface area contributed by atoms with Gasteiger partial charge in [0.25, 0.3) is 15.6 Å². The zero-order chi connectivity index (χ0) is 30.5. The number of pyridine rings is 1. The Labute approximate surface area is 254 Å². The first-order chi connectivity index (χ1) is 18.8. The van der Waals surface area contributed by atoms with E-state index in [1.807, 2.05) is 57.3 Å². The minimum Gasteiger partial charge on any atom is -0.412 e. The third-order valence-corrected chi connectivity index (χ3v) is 14.9. The van der Waals surface area contributed by atoms with Crippen LogP contribution in [0, 0.1) is 0 Å². The highest BCUT2D eigenvalue weighted by Crippen LogP contribution is 2.41. The first-order valence-corrected chi connectivity index (χ1v) is 19.0. The van der Waals surface area contributed by atoms with E-state index in [4.69, 9.17) is 4.43 Å². The van der Waals surface area contributed by atoms with Crippen LogP contribution in [0.1, 0.15) is 52.7 Å². The summed E-state index contributed by atoms with van der Waals surface area (Å²) in [7, 11) is -4.25. The molecule has 0 saturated carbocycles. The number of sulfonamides is 1. The smallest absolute Gasteiger partial charge is 0.273 e. The van der Waals surface area contributed by atoms with Crippen molar-refractivity contribution in [1.82, 2.24) is 4.57 Å². The SMILES string of the molecule is Cn1cc(-c2cccc(N3CCc4cc(Br)ccc4S3(=O)=O)c2CO[Si](C)(C)C(C)(C)C)cc(NC(C)(C)C)c1=O. The van der Waals surface area contributed by atoms with E-state index in [-0.39, 0.29) is 22.7 Å². The van der Waals surface area contributed by atoms with Gasteiger partial charge in [0.1, 0.15) is 5.69 Å². The molecule has 222 valence electrons. The van der Waals surface area contributed by atoms with E-state index in [0.29, 0.717) is 29.2 Å². The van der Waals surface area contributed by atoms with Crippen molar-refractivity contribution in [3.05, 3.63) is 74.6 Å². The number of nitrogens with one attached hydrogen (secondary N) is 1.